The SMILES string of the molecule is C=CC(=O)OC(C)C12CC3CC(C1)CC(C(C)OC(=O)C=C)(C3)C2. The third kappa shape index (κ3) is 2.80. The second-order valence-electron chi connectivity index (χ2n) is 8.25. The number of rotatable bonds is 6. The van der Waals surface area contributed by atoms with Gasteiger partial charge in [0.1, 0.15) is 12.2 Å². The van der Waals surface area contributed by atoms with Crippen LogP contribution in [0.4, 0.5) is 0 Å². The summed E-state index contributed by atoms with van der Waals surface area (Å²) < 4.78 is 11.3. The van der Waals surface area contributed by atoms with Crippen LogP contribution in [0.2, 0.25) is 0 Å². The van der Waals surface area contributed by atoms with E-state index in [-0.39, 0.29) is 35.0 Å². The van der Waals surface area contributed by atoms with Crippen molar-refractivity contribution in [2.45, 2.75) is 64.6 Å². The zero-order chi connectivity index (χ0) is 17.5. The number of hydrogen-bond donors (Lipinski definition) is 0. The van der Waals surface area contributed by atoms with Crippen LogP contribution in [0.5, 0.6) is 0 Å². The maximum Gasteiger partial charge on any atom is 0.330 e. The molecular weight excluding hydrogens is 304 g/mol. The number of esters is 2. The lowest BCUT2D eigenvalue weighted by Gasteiger charge is -2.64. The van der Waals surface area contributed by atoms with Gasteiger partial charge in [0.2, 0.25) is 0 Å². The summed E-state index contributed by atoms with van der Waals surface area (Å²) in [5.41, 5.74) is 0.0230. The number of carbonyl (C=O) groups excluding carboxylic acids is 2. The van der Waals surface area contributed by atoms with Gasteiger partial charge < -0.3 is 9.47 Å². The molecule has 4 saturated carbocycles. The molecule has 0 spiro atoms. The molecule has 4 rings (SSSR count). The molecule has 4 bridgehead atoms. The van der Waals surface area contributed by atoms with E-state index in [1.165, 1.54) is 18.6 Å². The predicted octanol–water partition coefficient (Wildman–Crippen LogP) is 3.81. The summed E-state index contributed by atoms with van der Waals surface area (Å²) >= 11 is 0. The van der Waals surface area contributed by atoms with Crippen LogP contribution in [0.25, 0.3) is 0 Å². The molecule has 4 nitrogen and oxygen atoms in total. The lowest BCUT2D eigenvalue weighted by Crippen LogP contribution is -2.59. The van der Waals surface area contributed by atoms with Crippen molar-refractivity contribution in [2.24, 2.45) is 22.7 Å². The molecule has 0 amide bonds. The molecule has 2 unspecified atom stereocenters. The van der Waals surface area contributed by atoms with Crippen LogP contribution >= 0.6 is 0 Å². The predicted molar refractivity (Wildman–Crippen MR) is 91.1 cm³/mol. The molecule has 0 N–H and O–H groups in total. The quantitative estimate of drug-likeness (QED) is 0.548. The highest BCUT2D eigenvalue weighted by molar-refractivity contribution is 5.81. The van der Waals surface area contributed by atoms with E-state index in [1.807, 2.05) is 13.8 Å². The Labute approximate surface area is 144 Å². The van der Waals surface area contributed by atoms with Gasteiger partial charge in [0.15, 0.2) is 0 Å². The molecule has 0 saturated heterocycles. The minimum atomic E-state index is -0.349. The fraction of sp³-hybridized carbons (Fsp3) is 0.700. The number of ether oxygens (including phenoxy) is 2. The molecular formula is C20H28O4. The van der Waals surface area contributed by atoms with Gasteiger partial charge in [-0.3, -0.25) is 0 Å². The summed E-state index contributed by atoms with van der Waals surface area (Å²) in [5.74, 6) is 0.582. The zero-order valence-electron chi connectivity index (χ0n) is 14.8. The van der Waals surface area contributed by atoms with Crippen LogP contribution in [0.1, 0.15) is 52.4 Å². The summed E-state index contributed by atoms with van der Waals surface area (Å²) in [6.45, 7) is 11.0. The van der Waals surface area contributed by atoms with Gasteiger partial charge in [-0.25, -0.2) is 9.59 Å². The molecule has 4 aliphatic rings. The summed E-state index contributed by atoms with van der Waals surface area (Å²) in [6.07, 6.45) is 8.88. The van der Waals surface area contributed by atoms with Crippen LogP contribution in [-0.2, 0) is 19.1 Å². The molecule has 0 aromatic rings. The van der Waals surface area contributed by atoms with E-state index in [4.69, 9.17) is 9.47 Å². The highest BCUT2D eigenvalue weighted by Crippen LogP contribution is 2.67. The Hall–Kier alpha value is -1.58. The third-order valence-electron chi connectivity index (χ3n) is 6.80. The average molecular weight is 332 g/mol. The van der Waals surface area contributed by atoms with E-state index in [0.717, 1.165) is 32.1 Å². The molecule has 24 heavy (non-hydrogen) atoms. The Balaban J connectivity index is 1.84. The average Bonchev–Trinajstić information content (AvgIpc) is 2.53. The Morgan fingerprint density at radius 1 is 0.917 bits per heavy atom. The van der Waals surface area contributed by atoms with Gasteiger partial charge in [0.25, 0.3) is 0 Å². The molecule has 0 aromatic carbocycles. The van der Waals surface area contributed by atoms with E-state index in [2.05, 4.69) is 13.2 Å². The minimum Gasteiger partial charge on any atom is -0.459 e. The van der Waals surface area contributed by atoms with Crippen molar-refractivity contribution < 1.29 is 19.1 Å². The molecule has 4 heteroatoms. The molecule has 0 aromatic heterocycles. The smallest absolute Gasteiger partial charge is 0.330 e. The normalized spacial score (nSPS) is 38.9. The van der Waals surface area contributed by atoms with Crippen LogP contribution in [-0.4, -0.2) is 24.1 Å². The Morgan fingerprint density at radius 2 is 1.29 bits per heavy atom. The maximum absolute atomic E-state index is 11.7. The number of hydrogen-bond acceptors (Lipinski definition) is 4. The lowest BCUT2D eigenvalue weighted by molar-refractivity contribution is -0.204. The first-order chi connectivity index (χ1) is 11.3. The van der Waals surface area contributed by atoms with E-state index in [9.17, 15) is 9.59 Å². The first-order valence-corrected chi connectivity index (χ1v) is 8.98. The summed E-state index contributed by atoms with van der Waals surface area (Å²) in [5, 5.41) is 0. The molecule has 2 atom stereocenters. The number of carbonyl (C=O) groups is 2. The van der Waals surface area contributed by atoms with E-state index < -0.39 is 0 Å². The molecule has 4 fully saturated rings. The largest absolute Gasteiger partial charge is 0.459 e. The molecule has 0 aliphatic heterocycles. The van der Waals surface area contributed by atoms with E-state index >= 15 is 0 Å². The fourth-order valence-electron chi connectivity index (χ4n) is 6.05. The minimum absolute atomic E-state index is 0.0115. The van der Waals surface area contributed by atoms with Crippen molar-refractivity contribution in [3.8, 4) is 0 Å². The Morgan fingerprint density at radius 3 is 1.62 bits per heavy atom. The fourth-order valence-corrected chi connectivity index (χ4v) is 6.05. The highest BCUT2D eigenvalue weighted by Gasteiger charge is 2.62. The Bertz CT molecular complexity index is 504. The Kier molecular flexibility index (Phi) is 4.35. The maximum atomic E-state index is 11.7. The van der Waals surface area contributed by atoms with Crippen molar-refractivity contribution in [1.29, 1.82) is 0 Å². The van der Waals surface area contributed by atoms with Crippen molar-refractivity contribution in [3.05, 3.63) is 25.3 Å². The first kappa shape index (κ1) is 17.2. The van der Waals surface area contributed by atoms with Crippen LogP contribution in [0, 0.1) is 22.7 Å². The topological polar surface area (TPSA) is 52.6 Å². The van der Waals surface area contributed by atoms with Gasteiger partial charge in [0, 0.05) is 23.0 Å². The lowest BCUT2D eigenvalue weighted by atomic mass is 9.42. The highest BCUT2D eigenvalue weighted by atomic mass is 16.5. The van der Waals surface area contributed by atoms with Crippen LogP contribution in [0.15, 0.2) is 25.3 Å². The molecule has 132 valence electrons. The molecule has 0 heterocycles. The van der Waals surface area contributed by atoms with Crippen LogP contribution in [0.3, 0.4) is 0 Å². The van der Waals surface area contributed by atoms with Gasteiger partial charge in [-0.05, 0) is 64.2 Å². The van der Waals surface area contributed by atoms with Crippen molar-refractivity contribution in [1.82, 2.24) is 0 Å². The summed E-state index contributed by atoms with van der Waals surface area (Å²) in [6, 6.07) is 0. The summed E-state index contributed by atoms with van der Waals surface area (Å²) in [7, 11) is 0. The third-order valence-corrected chi connectivity index (χ3v) is 6.80. The van der Waals surface area contributed by atoms with Crippen molar-refractivity contribution in [2.75, 3.05) is 0 Å². The van der Waals surface area contributed by atoms with Gasteiger partial charge in [0.05, 0.1) is 0 Å². The van der Waals surface area contributed by atoms with E-state index in [1.54, 1.807) is 0 Å². The van der Waals surface area contributed by atoms with Gasteiger partial charge >= 0.3 is 11.9 Å². The second kappa shape index (κ2) is 6.05. The van der Waals surface area contributed by atoms with E-state index in [0.29, 0.717) is 11.8 Å². The van der Waals surface area contributed by atoms with Gasteiger partial charge in [-0.2, -0.15) is 0 Å². The zero-order valence-corrected chi connectivity index (χ0v) is 14.8. The monoisotopic (exact) mass is 332 g/mol. The van der Waals surface area contributed by atoms with Crippen molar-refractivity contribution >= 4 is 11.9 Å². The van der Waals surface area contributed by atoms with Crippen molar-refractivity contribution in [3.63, 3.8) is 0 Å². The second-order valence-corrected chi connectivity index (χ2v) is 8.25. The first-order valence-electron chi connectivity index (χ1n) is 8.98. The van der Waals surface area contributed by atoms with Gasteiger partial charge in [-0.15, -0.1) is 0 Å². The van der Waals surface area contributed by atoms with Gasteiger partial charge in [-0.1, -0.05) is 13.2 Å². The summed E-state index contributed by atoms with van der Waals surface area (Å²) in [4.78, 5) is 23.4. The molecule has 0 radical (unpaired) electrons. The van der Waals surface area contributed by atoms with Crippen LogP contribution < -0.4 is 0 Å². The standard InChI is InChI=1S/C20H28O4/c1-5-17(21)23-13(3)19-8-15-7-16(9-19)11-20(10-15,12-19)14(4)24-18(22)6-2/h5-6,13-16H,1-2,7-12H2,3-4H3. The molecule has 4 aliphatic carbocycles.